The van der Waals surface area contributed by atoms with Crippen molar-refractivity contribution in [3.05, 3.63) is 41.1 Å². The van der Waals surface area contributed by atoms with E-state index in [0.717, 1.165) is 5.69 Å². The summed E-state index contributed by atoms with van der Waals surface area (Å²) in [6.45, 7) is 1.75. The van der Waals surface area contributed by atoms with Gasteiger partial charge in [-0.2, -0.15) is 4.68 Å². The number of nitrogens with zero attached hydrogens (tertiary/aromatic N) is 6. The molecule has 3 rings (SSSR count). The van der Waals surface area contributed by atoms with Gasteiger partial charge in [0.25, 0.3) is 0 Å². The maximum Gasteiger partial charge on any atom is 0.226 e. The van der Waals surface area contributed by atoms with Crippen molar-refractivity contribution in [3.8, 4) is 5.69 Å². The van der Waals surface area contributed by atoms with Gasteiger partial charge in [0, 0.05) is 11.9 Å². The fraction of sp³-hybridized carbons (Fsp3) is 0.182. The lowest BCUT2D eigenvalue weighted by molar-refractivity contribution is 0.485. The zero-order valence-corrected chi connectivity index (χ0v) is 12.0. The first kappa shape index (κ1) is 13.1. The maximum atomic E-state index is 5.97. The van der Waals surface area contributed by atoms with Crippen LogP contribution in [0, 0.1) is 6.92 Å². The SMILES string of the molecule is Cc1nnc(CSc2nnnn2-c2cccc(Cl)c2)o1. The van der Waals surface area contributed by atoms with E-state index in [1.165, 1.54) is 11.8 Å². The van der Waals surface area contributed by atoms with Crippen molar-refractivity contribution in [2.45, 2.75) is 17.8 Å². The number of halogens is 1. The van der Waals surface area contributed by atoms with Crippen LogP contribution in [0.5, 0.6) is 0 Å². The van der Waals surface area contributed by atoms with E-state index in [9.17, 15) is 0 Å². The molecule has 0 N–H and O–H groups in total. The summed E-state index contributed by atoms with van der Waals surface area (Å²) in [6, 6.07) is 7.31. The van der Waals surface area contributed by atoms with Crippen LogP contribution in [-0.4, -0.2) is 30.4 Å². The summed E-state index contributed by atoms with van der Waals surface area (Å²) in [5.41, 5.74) is 0.798. The highest BCUT2D eigenvalue weighted by Gasteiger charge is 2.11. The van der Waals surface area contributed by atoms with E-state index in [1.807, 2.05) is 12.1 Å². The molecule has 0 spiro atoms. The number of hydrogen-bond acceptors (Lipinski definition) is 7. The Bertz CT molecular complexity index is 727. The van der Waals surface area contributed by atoms with Crippen LogP contribution < -0.4 is 0 Å². The molecular weight excluding hydrogens is 300 g/mol. The van der Waals surface area contributed by atoms with Gasteiger partial charge in [0.1, 0.15) is 0 Å². The normalized spacial score (nSPS) is 10.9. The molecule has 0 aliphatic heterocycles. The number of aromatic nitrogens is 6. The largest absolute Gasteiger partial charge is 0.425 e. The molecule has 0 bridgehead atoms. The first-order valence-electron chi connectivity index (χ1n) is 5.68. The molecule has 0 aliphatic rings. The second kappa shape index (κ2) is 5.59. The minimum atomic E-state index is 0.502. The number of hydrogen-bond donors (Lipinski definition) is 0. The lowest BCUT2D eigenvalue weighted by Gasteiger charge is -2.03. The molecule has 20 heavy (non-hydrogen) atoms. The minimum absolute atomic E-state index is 0.502. The third-order valence-corrected chi connectivity index (χ3v) is 3.53. The van der Waals surface area contributed by atoms with Crippen LogP contribution in [0.15, 0.2) is 33.8 Å². The van der Waals surface area contributed by atoms with E-state index in [2.05, 4.69) is 25.7 Å². The quantitative estimate of drug-likeness (QED) is 0.684. The van der Waals surface area contributed by atoms with Gasteiger partial charge in [-0.25, -0.2) is 0 Å². The summed E-state index contributed by atoms with van der Waals surface area (Å²) < 4.78 is 6.92. The summed E-state index contributed by atoms with van der Waals surface area (Å²) in [5.74, 6) is 1.57. The van der Waals surface area contributed by atoms with Gasteiger partial charge in [-0.15, -0.1) is 15.3 Å². The third-order valence-electron chi connectivity index (χ3n) is 2.39. The molecule has 0 fully saturated rings. The monoisotopic (exact) mass is 308 g/mol. The molecule has 2 aromatic heterocycles. The highest BCUT2D eigenvalue weighted by atomic mass is 35.5. The molecule has 102 valence electrons. The van der Waals surface area contributed by atoms with Crippen LogP contribution in [0.1, 0.15) is 11.8 Å². The fourth-order valence-electron chi connectivity index (χ4n) is 1.56. The minimum Gasteiger partial charge on any atom is -0.425 e. The number of aryl methyl sites for hydroxylation is 1. The highest BCUT2D eigenvalue weighted by molar-refractivity contribution is 7.98. The Balaban J connectivity index is 1.80. The summed E-state index contributed by atoms with van der Waals surface area (Å²) in [5, 5.41) is 20.6. The van der Waals surface area contributed by atoms with Gasteiger partial charge >= 0.3 is 0 Å². The molecule has 2 heterocycles. The summed E-state index contributed by atoms with van der Waals surface area (Å²) in [7, 11) is 0. The standard InChI is InChI=1S/C11H9ClN6OS/c1-7-13-14-10(19-7)6-20-11-15-16-17-18(11)9-4-2-3-8(12)5-9/h2-5H,6H2,1H3. The first-order valence-corrected chi connectivity index (χ1v) is 7.05. The molecular formula is C11H9ClN6OS. The van der Waals surface area contributed by atoms with Crippen LogP contribution in [0.3, 0.4) is 0 Å². The number of benzene rings is 1. The smallest absolute Gasteiger partial charge is 0.226 e. The average molecular weight is 309 g/mol. The van der Waals surface area contributed by atoms with Crippen LogP contribution >= 0.6 is 23.4 Å². The Labute approximate surface area is 123 Å². The maximum absolute atomic E-state index is 5.97. The van der Waals surface area contributed by atoms with Gasteiger partial charge in [-0.3, -0.25) is 0 Å². The van der Waals surface area contributed by atoms with E-state index < -0.39 is 0 Å². The highest BCUT2D eigenvalue weighted by Crippen LogP contribution is 2.23. The Morgan fingerprint density at radius 3 is 2.95 bits per heavy atom. The van der Waals surface area contributed by atoms with Gasteiger partial charge in [0.05, 0.1) is 11.4 Å². The van der Waals surface area contributed by atoms with Gasteiger partial charge in [0.2, 0.25) is 16.9 Å². The molecule has 0 radical (unpaired) electrons. The molecule has 0 saturated carbocycles. The van der Waals surface area contributed by atoms with Crippen molar-refractivity contribution >= 4 is 23.4 Å². The van der Waals surface area contributed by atoms with Gasteiger partial charge in [0.15, 0.2) is 0 Å². The predicted molar refractivity (Wildman–Crippen MR) is 72.8 cm³/mol. The van der Waals surface area contributed by atoms with Crippen molar-refractivity contribution < 1.29 is 4.42 Å². The molecule has 0 saturated heterocycles. The fourth-order valence-corrected chi connectivity index (χ4v) is 2.47. The molecule has 0 atom stereocenters. The number of rotatable bonds is 4. The van der Waals surface area contributed by atoms with Crippen molar-refractivity contribution in [3.63, 3.8) is 0 Å². The van der Waals surface area contributed by atoms with Gasteiger partial charge in [-0.05, 0) is 28.6 Å². The molecule has 9 heteroatoms. The Morgan fingerprint density at radius 1 is 1.30 bits per heavy atom. The summed E-state index contributed by atoms with van der Waals surface area (Å²) >= 11 is 7.38. The van der Waals surface area contributed by atoms with Crippen molar-refractivity contribution in [2.75, 3.05) is 0 Å². The van der Waals surface area contributed by atoms with Crippen molar-refractivity contribution in [2.24, 2.45) is 0 Å². The Morgan fingerprint density at radius 2 is 2.20 bits per heavy atom. The van der Waals surface area contributed by atoms with E-state index in [0.29, 0.717) is 27.7 Å². The Kier molecular flexibility index (Phi) is 3.66. The number of tetrazole rings is 1. The van der Waals surface area contributed by atoms with E-state index in [-0.39, 0.29) is 0 Å². The Hall–Kier alpha value is -1.93. The first-order chi connectivity index (χ1) is 9.72. The van der Waals surface area contributed by atoms with Gasteiger partial charge in [-0.1, -0.05) is 29.4 Å². The topological polar surface area (TPSA) is 82.5 Å². The van der Waals surface area contributed by atoms with Gasteiger partial charge < -0.3 is 4.42 Å². The van der Waals surface area contributed by atoms with Crippen molar-refractivity contribution in [1.29, 1.82) is 0 Å². The van der Waals surface area contributed by atoms with E-state index >= 15 is 0 Å². The zero-order valence-electron chi connectivity index (χ0n) is 10.4. The second-order valence-corrected chi connectivity index (χ2v) is 5.24. The molecule has 7 nitrogen and oxygen atoms in total. The van der Waals surface area contributed by atoms with Crippen molar-refractivity contribution in [1.82, 2.24) is 30.4 Å². The van der Waals surface area contributed by atoms with Crippen LogP contribution in [0.4, 0.5) is 0 Å². The van der Waals surface area contributed by atoms with Crippen LogP contribution in [-0.2, 0) is 5.75 Å². The second-order valence-electron chi connectivity index (χ2n) is 3.86. The molecule has 1 aromatic carbocycles. The van der Waals surface area contributed by atoms with E-state index in [1.54, 1.807) is 23.7 Å². The lowest BCUT2D eigenvalue weighted by atomic mass is 10.3. The van der Waals surface area contributed by atoms with E-state index in [4.69, 9.17) is 16.0 Å². The number of thioether (sulfide) groups is 1. The molecule has 0 unspecified atom stereocenters. The average Bonchev–Trinajstić information content (AvgIpc) is 3.05. The molecule has 0 amide bonds. The lowest BCUT2D eigenvalue weighted by Crippen LogP contribution is -1.99. The van der Waals surface area contributed by atoms with Crippen LogP contribution in [0.2, 0.25) is 5.02 Å². The predicted octanol–water partition coefficient (Wildman–Crippen LogP) is 2.30. The molecule has 3 aromatic rings. The summed E-state index contributed by atoms with van der Waals surface area (Å²) in [4.78, 5) is 0. The molecule has 0 aliphatic carbocycles. The summed E-state index contributed by atoms with van der Waals surface area (Å²) in [6.07, 6.45) is 0. The van der Waals surface area contributed by atoms with Crippen LogP contribution in [0.25, 0.3) is 5.69 Å². The zero-order chi connectivity index (χ0) is 13.9. The third kappa shape index (κ3) is 2.81.